The highest BCUT2D eigenvalue weighted by atomic mass is 16.5. The molecule has 1 amide bonds. The van der Waals surface area contributed by atoms with Crippen molar-refractivity contribution in [3.05, 3.63) is 35.9 Å². The topological polar surface area (TPSA) is 55.4 Å². The van der Waals surface area contributed by atoms with E-state index in [4.69, 9.17) is 4.74 Å². The lowest BCUT2D eigenvalue weighted by Gasteiger charge is -2.08. The van der Waals surface area contributed by atoms with E-state index in [9.17, 15) is 9.59 Å². The van der Waals surface area contributed by atoms with Crippen LogP contribution in [-0.4, -0.2) is 24.5 Å². The molecule has 2 rings (SSSR count). The summed E-state index contributed by atoms with van der Waals surface area (Å²) in [7, 11) is 0. The minimum atomic E-state index is -0.256. The smallest absolute Gasteiger partial charge is 0.308 e. The lowest BCUT2D eigenvalue weighted by molar-refractivity contribution is -0.137. The Morgan fingerprint density at radius 1 is 1.33 bits per heavy atom. The monoisotopic (exact) mass is 205 g/mol. The summed E-state index contributed by atoms with van der Waals surface area (Å²) in [6.45, 7) is 0.275. The van der Waals surface area contributed by atoms with Crippen LogP contribution in [0.5, 0.6) is 0 Å². The summed E-state index contributed by atoms with van der Waals surface area (Å²) in [6.07, 6.45) is 0.262. The SMILES string of the molecule is O=C1C[C@H](NC(=O)c2ccccc2)CO1. The number of carbonyl (C=O) groups is 2. The van der Waals surface area contributed by atoms with Gasteiger partial charge in [-0.2, -0.15) is 0 Å². The molecule has 0 aliphatic carbocycles. The van der Waals surface area contributed by atoms with Gasteiger partial charge < -0.3 is 10.1 Å². The molecule has 0 spiro atoms. The zero-order valence-corrected chi connectivity index (χ0v) is 8.10. The Bertz CT molecular complexity index is 375. The molecule has 0 bridgehead atoms. The second-order valence-corrected chi connectivity index (χ2v) is 3.42. The van der Waals surface area contributed by atoms with Gasteiger partial charge in [0.1, 0.15) is 6.61 Å². The van der Waals surface area contributed by atoms with Gasteiger partial charge in [0.2, 0.25) is 0 Å². The van der Waals surface area contributed by atoms with Crippen molar-refractivity contribution >= 4 is 11.9 Å². The van der Waals surface area contributed by atoms with Gasteiger partial charge in [-0.3, -0.25) is 9.59 Å². The molecule has 1 aromatic carbocycles. The number of nitrogens with one attached hydrogen (secondary N) is 1. The van der Waals surface area contributed by atoms with E-state index in [2.05, 4.69) is 5.32 Å². The number of carbonyl (C=O) groups excluding carboxylic acids is 2. The third-order valence-electron chi connectivity index (χ3n) is 2.23. The highest BCUT2D eigenvalue weighted by Crippen LogP contribution is 2.07. The Morgan fingerprint density at radius 3 is 2.67 bits per heavy atom. The van der Waals surface area contributed by atoms with Crippen LogP contribution in [0.1, 0.15) is 16.8 Å². The number of ether oxygens (including phenoxy) is 1. The first-order chi connectivity index (χ1) is 7.25. The Labute approximate surface area is 87.2 Å². The van der Waals surface area contributed by atoms with Crippen LogP contribution in [0.3, 0.4) is 0 Å². The number of benzene rings is 1. The summed E-state index contributed by atoms with van der Waals surface area (Å²) >= 11 is 0. The summed E-state index contributed by atoms with van der Waals surface area (Å²) < 4.78 is 4.75. The van der Waals surface area contributed by atoms with Crippen LogP contribution >= 0.6 is 0 Å². The number of rotatable bonds is 2. The minimum Gasteiger partial charge on any atom is -0.463 e. The molecule has 1 aliphatic rings. The number of hydrogen-bond donors (Lipinski definition) is 1. The number of amides is 1. The van der Waals surface area contributed by atoms with Crippen molar-refractivity contribution in [2.75, 3.05) is 6.61 Å². The lowest BCUT2D eigenvalue weighted by Crippen LogP contribution is -2.35. The van der Waals surface area contributed by atoms with Crippen LogP contribution in [0.2, 0.25) is 0 Å². The average Bonchev–Trinajstić information content (AvgIpc) is 2.65. The van der Waals surface area contributed by atoms with E-state index in [1.807, 2.05) is 6.07 Å². The molecule has 1 fully saturated rings. The molecule has 0 radical (unpaired) electrons. The Hall–Kier alpha value is -1.84. The minimum absolute atomic E-state index is 0.168. The van der Waals surface area contributed by atoms with Crippen molar-refractivity contribution in [2.45, 2.75) is 12.5 Å². The quantitative estimate of drug-likeness (QED) is 0.724. The summed E-state index contributed by atoms with van der Waals surface area (Å²) in [5, 5.41) is 2.74. The van der Waals surface area contributed by atoms with E-state index >= 15 is 0 Å². The van der Waals surface area contributed by atoms with E-state index in [0.29, 0.717) is 5.56 Å². The van der Waals surface area contributed by atoms with Crippen molar-refractivity contribution in [1.82, 2.24) is 5.32 Å². The van der Waals surface area contributed by atoms with Crippen LogP contribution < -0.4 is 5.32 Å². The number of cyclic esters (lactones) is 1. The molecule has 1 aliphatic heterocycles. The van der Waals surface area contributed by atoms with Gasteiger partial charge in [-0.1, -0.05) is 18.2 Å². The molecule has 1 heterocycles. The maximum atomic E-state index is 11.6. The van der Waals surface area contributed by atoms with Gasteiger partial charge in [0.05, 0.1) is 12.5 Å². The fourth-order valence-corrected chi connectivity index (χ4v) is 1.46. The second-order valence-electron chi connectivity index (χ2n) is 3.42. The molecule has 15 heavy (non-hydrogen) atoms. The first kappa shape index (κ1) is 9.71. The molecule has 1 N–H and O–H groups in total. The maximum Gasteiger partial charge on any atom is 0.308 e. The van der Waals surface area contributed by atoms with E-state index in [0.717, 1.165) is 0 Å². The third kappa shape index (κ3) is 2.34. The zero-order valence-electron chi connectivity index (χ0n) is 8.10. The van der Waals surface area contributed by atoms with Crippen LogP contribution in [-0.2, 0) is 9.53 Å². The zero-order chi connectivity index (χ0) is 10.7. The van der Waals surface area contributed by atoms with Crippen LogP contribution in [0, 0.1) is 0 Å². The van der Waals surface area contributed by atoms with Crippen molar-refractivity contribution in [2.24, 2.45) is 0 Å². The summed E-state index contributed by atoms with van der Waals surface area (Å²) in [4.78, 5) is 22.4. The van der Waals surface area contributed by atoms with E-state index in [1.165, 1.54) is 0 Å². The molecule has 78 valence electrons. The summed E-state index contributed by atoms with van der Waals surface area (Å²) in [5.74, 6) is -0.424. The molecule has 4 nitrogen and oxygen atoms in total. The first-order valence-corrected chi connectivity index (χ1v) is 4.77. The largest absolute Gasteiger partial charge is 0.463 e. The normalized spacial score (nSPS) is 19.7. The number of esters is 1. The van der Waals surface area contributed by atoms with E-state index < -0.39 is 0 Å². The fourth-order valence-electron chi connectivity index (χ4n) is 1.46. The van der Waals surface area contributed by atoms with Crippen LogP contribution in [0.25, 0.3) is 0 Å². The van der Waals surface area contributed by atoms with Gasteiger partial charge in [0.15, 0.2) is 0 Å². The highest BCUT2D eigenvalue weighted by molar-refractivity contribution is 5.94. The van der Waals surface area contributed by atoms with Crippen molar-refractivity contribution in [3.8, 4) is 0 Å². The molecule has 4 heteroatoms. The Morgan fingerprint density at radius 2 is 2.07 bits per heavy atom. The molecular weight excluding hydrogens is 194 g/mol. The van der Waals surface area contributed by atoms with Crippen molar-refractivity contribution < 1.29 is 14.3 Å². The average molecular weight is 205 g/mol. The highest BCUT2D eigenvalue weighted by Gasteiger charge is 2.25. The second kappa shape index (κ2) is 4.13. The molecule has 0 aromatic heterocycles. The molecule has 1 atom stereocenters. The Balaban J connectivity index is 1.96. The van der Waals surface area contributed by atoms with Gasteiger partial charge in [0.25, 0.3) is 5.91 Å². The fraction of sp³-hybridized carbons (Fsp3) is 0.273. The Kier molecular flexibility index (Phi) is 2.67. The van der Waals surface area contributed by atoms with Gasteiger partial charge in [-0.15, -0.1) is 0 Å². The standard InChI is InChI=1S/C11H11NO3/c13-10-6-9(7-15-10)12-11(14)8-4-2-1-3-5-8/h1-5,9H,6-7H2,(H,12,14)/t9-/m0/s1. The van der Waals surface area contributed by atoms with Crippen molar-refractivity contribution in [1.29, 1.82) is 0 Å². The maximum absolute atomic E-state index is 11.6. The van der Waals surface area contributed by atoms with E-state index in [-0.39, 0.29) is 30.9 Å². The summed E-state index contributed by atoms with van der Waals surface area (Å²) in [6, 6.07) is 8.71. The summed E-state index contributed by atoms with van der Waals surface area (Å²) in [5.41, 5.74) is 0.594. The van der Waals surface area contributed by atoms with Gasteiger partial charge in [-0.25, -0.2) is 0 Å². The van der Waals surface area contributed by atoms with Crippen molar-refractivity contribution in [3.63, 3.8) is 0 Å². The molecule has 1 saturated heterocycles. The lowest BCUT2D eigenvalue weighted by atomic mass is 10.2. The van der Waals surface area contributed by atoms with Gasteiger partial charge in [-0.05, 0) is 12.1 Å². The predicted octanol–water partition coefficient (Wildman–Crippen LogP) is 0.732. The predicted molar refractivity (Wildman–Crippen MR) is 53.3 cm³/mol. The van der Waals surface area contributed by atoms with Crippen LogP contribution in [0.4, 0.5) is 0 Å². The van der Waals surface area contributed by atoms with Crippen LogP contribution in [0.15, 0.2) is 30.3 Å². The van der Waals surface area contributed by atoms with Gasteiger partial charge in [0, 0.05) is 5.56 Å². The molecule has 0 saturated carbocycles. The van der Waals surface area contributed by atoms with Gasteiger partial charge >= 0.3 is 5.97 Å². The molecule has 1 aromatic rings. The molecular formula is C11H11NO3. The number of hydrogen-bond acceptors (Lipinski definition) is 3. The van der Waals surface area contributed by atoms with E-state index in [1.54, 1.807) is 24.3 Å². The third-order valence-corrected chi connectivity index (χ3v) is 2.23. The first-order valence-electron chi connectivity index (χ1n) is 4.77. The molecule has 0 unspecified atom stereocenters.